The Balaban J connectivity index is 2.45. The van der Waals surface area contributed by atoms with E-state index in [1.807, 2.05) is 25.1 Å². The second-order valence-corrected chi connectivity index (χ2v) is 5.34. The third-order valence-electron chi connectivity index (χ3n) is 2.78. The second-order valence-electron chi connectivity index (χ2n) is 3.99. The largest absolute Gasteiger partial charge is 0.477 e. The highest BCUT2D eigenvalue weighted by atomic mass is 79.9. The highest BCUT2D eigenvalue weighted by molar-refractivity contribution is 9.10. The van der Waals surface area contributed by atoms with E-state index in [9.17, 15) is 4.79 Å². The first-order valence-electron chi connectivity index (χ1n) is 5.35. The van der Waals surface area contributed by atoms with Gasteiger partial charge in [-0.1, -0.05) is 23.7 Å². The maximum absolute atomic E-state index is 11.2. The van der Waals surface area contributed by atoms with E-state index in [0.717, 1.165) is 10.0 Å². The summed E-state index contributed by atoms with van der Waals surface area (Å²) in [5.74, 6) is -0.949. The number of halogens is 2. The fourth-order valence-corrected chi connectivity index (χ4v) is 2.50. The van der Waals surface area contributed by atoms with E-state index in [0.29, 0.717) is 5.02 Å². The number of benzene rings is 1. The normalized spacial score (nSPS) is 12.4. The Bertz CT molecular complexity index is 594. The lowest BCUT2D eigenvalue weighted by Crippen LogP contribution is -2.12. The molecule has 1 N–H and O–H groups in total. The lowest BCUT2D eigenvalue weighted by molar-refractivity contribution is 0.0684. The van der Waals surface area contributed by atoms with Crippen LogP contribution in [0.5, 0.6) is 0 Å². The number of nitrogens with zero attached hydrogens (tertiary/aromatic N) is 1. The van der Waals surface area contributed by atoms with E-state index in [2.05, 4.69) is 15.9 Å². The number of hydrogen-bond acceptors (Lipinski definition) is 1. The molecule has 3 nitrogen and oxygen atoms in total. The molecule has 0 aliphatic carbocycles. The maximum Gasteiger partial charge on any atom is 0.352 e. The number of aromatic carboxylic acids is 1. The van der Waals surface area contributed by atoms with Crippen molar-refractivity contribution < 1.29 is 9.90 Å². The molecule has 0 spiro atoms. The van der Waals surface area contributed by atoms with Crippen LogP contribution in [0, 0.1) is 0 Å². The molecular formula is C13H11BrClNO2. The van der Waals surface area contributed by atoms with Crippen LogP contribution in [0.2, 0.25) is 5.02 Å². The molecule has 5 heteroatoms. The van der Waals surface area contributed by atoms with Crippen molar-refractivity contribution in [3.63, 3.8) is 0 Å². The molecule has 0 bridgehead atoms. The predicted molar refractivity (Wildman–Crippen MR) is 74.4 cm³/mol. The summed E-state index contributed by atoms with van der Waals surface area (Å²) in [7, 11) is 0. The van der Waals surface area contributed by atoms with Crippen LogP contribution in [0.3, 0.4) is 0 Å². The molecule has 0 amide bonds. The Hall–Kier alpha value is -1.26. The van der Waals surface area contributed by atoms with Crippen molar-refractivity contribution in [1.29, 1.82) is 0 Å². The maximum atomic E-state index is 11.2. The average Bonchev–Trinajstić information content (AvgIpc) is 2.70. The molecule has 1 unspecified atom stereocenters. The highest BCUT2D eigenvalue weighted by Gasteiger charge is 2.17. The zero-order valence-corrected chi connectivity index (χ0v) is 11.9. The third-order valence-corrected chi connectivity index (χ3v) is 3.45. The van der Waals surface area contributed by atoms with Crippen molar-refractivity contribution in [3.05, 3.63) is 57.3 Å². The molecule has 2 aromatic rings. The van der Waals surface area contributed by atoms with Gasteiger partial charge < -0.3 is 9.67 Å². The number of carbonyl (C=O) groups is 1. The van der Waals surface area contributed by atoms with Gasteiger partial charge in [0.2, 0.25) is 0 Å². The number of carboxylic acid groups (broad SMARTS) is 1. The molecular weight excluding hydrogens is 318 g/mol. The van der Waals surface area contributed by atoms with E-state index >= 15 is 0 Å². The van der Waals surface area contributed by atoms with Gasteiger partial charge in [0.15, 0.2) is 0 Å². The van der Waals surface area contributed by atoms with Crippen molar-refractivity contribution in [2.45, 2.75) is 13.0 Å². The Morgan fingerprint density at radius 2 is 2.17 bits per heavy atom. The molecule has 18 heavy (non-hydrogen) atoms. The molecule has 0 saturated heterocycles. The quantitative estimate of drug-likeness (QED) is 0.917. The Kier molecular flexibility index (Phi) is 3.78. The van der Waals surface area contributed by atoms with Crippen molar-refractivity contribution in [2.24, 2.45) is 0 Å². The summed E-state index contributed by atoms with van der Waals surface area (Å²) < 4.78 is 2.45. The lowest BCUT2D eigenvalue weighted by Gasteiger charge is -2.16. The first-order valence-corrected chi connectivity index (χ1v) is 6.52. The molecule has 1 aromatic heterocycles. The molecule has 1 aromatic carbocycles. The Morgan fingerprint density at radius 3 is 2.78 bits per heavy atom. The van der Waals surface area contributed by atoms with Gasteiger partial charge in [-0.25, -0.2) is 4.79 Å². The summed E-state index contributed by atoms with van der Waals surface area (Å²) in [5.41, 5.74) is 1.21. The third kappa shape index (κ3) is 2.60. The molecule has 1 heterocycles. The van der Waals surface area contributed by atoms with Crippen LogP contribution >= 0.6 is 27.5 Å². The van der Waals surface area contributed by atoms with Gasteiger partial charge in [-0.05, 0) is 46.6 Å². The number of aromatic nitrogens is 1. The summed E-state index contributed by atoms with van der Waals surface area (Å²) in [4.78, 5) is 11.2. The first kappa shape index (κ1) is 13.2. The summed E-state index contributed by atoms with van der Waals surface area (Å²) in [6, 6.07) is 8.90. The van der Waals surface area contributed by atoms with Gasteiger partial charge in [0.05, 0.1) is 6.04 Å². The second kappa shape index (κ2) is 5.16. The van der Waals surface area contributed by atoms with Crippen LogP contribution in [0.1, 0.15) is 29.0 Å². The van der Waals surface area contributed by atoms with Gasteiger partial charge in [0.25, 0.3) is 0 Å². The number of hydrogen-bond donors (Lipinski definition) is 1. The van der Waals surface area contributed by atoms with Crippen LogP contribution in [0.25, 0.3) is 0 Å². The molecule has 1 atom stereocenters. The van der Waals surface area contributed by atoms with Gasteiger partial charge in [-0.3, -0.25) is 0 Å². The van der Waals surface area contributed by atoms with E-state index in [4.69, 9.17) is 16.7 Å². The smallest absolute Gasteiger partial charge is 0.352 e. The minimum absolute atomic E-state index is 0.0962. The van der Waals surface area contributed by atoms with Gasteiger partial charge in [-0.2, -0.15) is 0 Å². The van der Waals surface area contributed by atoms with E-state index in [1.165, 1.54) is 0 Å². The summed E-state index contributed by atoms with van der Waals surface area (Å²) in [6.07, 6.45) is 1.76. The van der Waals surface area contributed by atoms with Crippen LogP contribution in [0.15, 0.2) is 41.0 Å². The fraction of sp³-hybridized carbons (Fsp3) is 0.154. The SMILES string of the molecule is CC(c1cccc(Cl)c1)n1cc(Br)cc1C(=O)O. The summed E-state index contributed by atoms with van der Waals surface area (Å²) >= 11 is 9.25. The minimum Gasteiger partial charge on any atom is -0.477 e. The summed E-state index contributed by atoms with van der Waals surface area (Å²) in [5, 5.41) is 9.80. The van der Waals surface area contributed by atoms with Gasteiger partial charge in [0, 0.05) is 15.7 Å². The predicted octanol–water partition coefficient (Wildman–Crippen LogP) is 4.21. The zero-order valence-electron chi connectivity index (χ0n) is 9.60. The lowest BCUT2D eigenvalue weighted by atomic mass is 10.1. The van der Waals surface area contributed by atoms with Gasteiger partial charge >= 0.3 is 5.97 Å². The molecule has 2 rings (SSSR count). The fourth-order valence-electron chi connectivity index (χ4n) is 1.86. The molecule has 94 valence electrons. The molecule has 0 saturated carbocycles. The minimum atomic E-state index is -0.949. The van der Waals surface area contributed by atoms with Crippen LogP contribution < -0.4 is 0 Å². The number of carboxylic acids is 1. The standard InChI is InChI=1S/C13H11BrClNO2/c1-8(9-3-2-4-11(15)5-9)16-7-10(14)6-12(16)13(17)18/h2-8H,1H3,(H,17,18). The van der Waals surface area contributed by atoms with E-state index < -0.39 is 5.97 Å². The van der Waals surface area contributed by atoms with E-state index in [-0.39, 0.29) is 11.7 Å². The van der Waals surface area contributed by atoms with Crippen molar-refractivity contribution >= 4 is 33.5 Å². The molecule has 0 aliphatic heterocycles. The Morgan fingerprint density at radius 1 is 1.44 bits per heavy atom. The van der Waals surface area contributed by atoms with Crippen molar-refractivity contribution in [2.75, 3.05) is 0 Å². The van der Waals surface area contributed by atoms with E-state index in [1.54, 1.807) is 22.9 Å². The monoisotopic (exact) mass is 327 g/mol. The molecule has 0 fully saturated rings. The first-order chi connectivity index (χ1) is 8.49. The number of rotatable bonds is 3. The van der Waals surface area contributed by atoms with Crippen molar-refractivity contribution in [1.82, 2.24) is 4.57 Å². The Labute approximate surface area is 118 Å². The molecule has 0 radical (unpaired) electrons. The summed E-state index contributed by atoms with van der Waals surface area (Å²) in [6.45, 7) is 1.94. The topological polar surface area (TPSA) is 42.2 Å². The zero-order chi connectivity index (χ0) is 13.3. The van der Waals surface area contributed by atoms with Gasteiger partial charge in [-0.15, -0.1) is 0 Å². The highest BCUT2D eigenvalue weighted by Crippen LogP contribution is 2.26. The van der Waals surface area contributed by atoms with Crippen LogP contribution in [-0.2, 0) is 0 Å². The van der Waals surface area contributed by atoms with Gasteiger partial charge in [0.1, 0.15) is 5.69 Å². The van der Waals surface area contributed by atoms with Crippen LogP contribution in [-0.4, -0.2) is 15.6 Å². The van der Waals surface area contributed by atoms with Crippen LogP contribution in [0.4, 0.5) is 0 Å². The van der Waals surface area contributed by atoms with Crippen molar-refractivity contribution in [3.8, 4) is 0 Å². The molecule has 0 aliphatic rings. The average molecular weight is 329 g/mol.